The number of rotatable bonds is 2. The molecule has 1 aromatic carbocycles. The van der Waals surface area contributed by atoms with Crippen LogP contribution in [0.1, 0.15) is 21.9 Å². The van der Waals surface area contributed by atoms with E-state index in [0.717, 1.165) is 6.07 Å². The highest BCUT2D eigenvalue weighted by Gasteiger charge is 2.34. The SMILES string of the molecule is Cc1ncc(C(=O)N2CCN(c3cc(C(F)(F)F)nc4ccccc34)CC2)cn1. The van der Waals surface area contributed by atoms with E-state index in [1.165, 1.54) is 12.4 Å². The number of anilines is 1. The van der Waals surface area contributed by atoms with Gasteiger partial charge in [-0.1, -0.05) is 18.2 Å². The standard InChI is InChI=1S/C20H18F3N5O/c1-13-24-11-14(12-25-13)19(29)28-8-6-27(7-9-28)17-10-18(20(21,22)23)26-16-5-3-2-4-15(16)17/h2-5,10-12H,6-9H2,1H3. The number of aryl methyl sites for hydroxylation is 1. The number of nitrogens with zero attached hydrogens (tertiary/aromatic N) is 5. The maximum Gasteiger partial charge on any atom is 0.433 e. The minimum Gasteiger partial charge on any atom is -0.367 e. The molecule has 1 amide bonds. The smallest absolute Gasteiger partial charge is 0.367 e. The van der Waals surface area contributed by atoms with E-state index < -0.39 is 11.9 Å². The highest BCUT2D eigenvalue weighted by Crippen LogP contribution is 2.35. The number of alkyl halides is 3. The van der Waals surface area contributed by atoms with Crippen molar-refractivity contribution in [1.29, 1.82) is 0 Å². The van der Waals surface area contributed by atoms with Gasteiger partial charge in [-0.05, 0) is 19.1 Å². The molecule has 3 aromatic rings. The van der Waals surface area contributed by atoms with E-state index >= 15 is 0 Å². The van der Waals surface area contributed by atoms with Crippen LogP contribution in [-0.2, 0) is 6.18 Å². The Labute approximate surface area is 165 Å². The third-order valence-electron chi connectivity index (χ3n) is 4.92. The number of amides is 1. The van der Waals surface area contributed by atoms with Crippen molar-refractivity contribution in [2.75, 3.05) is 31.1 Å². The zero-order chi connectivity index (χ0) is 20.6. The van der Waals surface area contributed by atoms with Crippen LogP contribution in [0.4, 0.5) is 18.9 Å². The van der Waals surface area contributed by atoms with Gasteiger partial charge in [0, 0.05) is 49.6 Å². The Morgan fingerprint density at radius 2 is 1.69 bits per heavy atom. The lowest BCUT2D eigenvalue weighted by molar-refractivity contribution is -0.140. The summed E-state index contributed by atoms with van der Waals surface area (Å²) in [5, 5.41) is 0.659. The molecule has 4 rings (SSSR count). The summed E-state index contributed by atoms with van der Waals surface area (Å²) in [6.07, 6.45) is -1.55. The maximum atomic E-state index is 13.3. The summed E-state index contributed by atoms with van der Waals surface area (Å²) >= 11 is 0. The lowest BCUT2D eigenvalue weighted by Gasteiger charge is -2.36. The predicted octanol–water partition coefficient (Wildman–Crippen LogP) is 3.31. The Hall–Kier alpha value is -3.23. The molecule has 0 atom stereocenters. The quantitative estimate of drug-likeness (QED) is 0.659. The molecule has 1 fully saturated rings. The van der Waals surface area contributed by atoms with Crippen LogP contribution in [0.3, 0.4) is 0 Å². The van der Waals surface area contributed by atoms with Crippen LogP contribution in [0.5, 0.6) is 0 Å². The summed E-state index contributed by atoms with van der Waals surface area (Å²) in [5.74, 6) is 0.400. The van der Waals surface area contributed by atoms with E-state index in [0.29, 0.717) is 54.2 Å². The van der Waals surface area contributed by atoms with Gasteiger partial charge in [0.05, 0.1) is 11.1 Å². The van der Waals surface area contributed by atoms with E-state index in [2.05, 4.69) is 15.0 Å². The molecule has 0 unspecified atom stereocenters. The minimum atomic E-state index is -4.53. The van der Waals surface area contributed by atoms with Gasteiger partial charge in [-0.3, -0.25) is 4.79 Å². The first-order valence-corrected chi connectivity index (χ1v) is 9.13. The molecule has 0 radical (unpaired) electrons. The van der Waals surface area contributed by atoms with Crippen molar-refractivity contribution in [3.8, 4) is 0 Å². The zero-order valence-corrected chi connectivity index (χ0v) is 15.6. The van der Waals surface area contributed by atoms with E-state index in [9.17, 15) is 18.0 Å². The molecular formula is C20H18F3N5O. The molecule has 1 aliphatic heterocycles. The fraction of sp³-hybridized carbons (Fsp3) is 0.300. The number of aromatic nitrogens is 3. The Bertz CT molecular complexity index is 1040. The number of benzene rings is 1. The van der Waals surface area contributed by atoms with Crippen molar-refractivity contribution < 1.29 is 18.0 Å². The normalized spacial score (nSPS) is 15.0. The second kappa shape index (κ2) is 7.31. The number of para-hydroxylation sites is 1. The average molecular weight is 401 g/mol. The number of pyridine rings is 1. The number of carbonyl (C=O) groups is 1. The second-order valence-corrected chi connectivity index (χ2v) is 6.84. The highest BCUT2D eigenvalue weighted by molar-refractivity contribution is 5.94. The van der Waals surface area contributed by atoms with Crippen molar-refractivity contribution >= 4 is 22.5 Å². The molecule has 1 saturated heterocycles. The number of piperazine rings is 1. The molecule has 0 aliphatic carbocycles. The summed E-state index contributed by atoms with van der Waals surface area (Å²) in [6, 6.07) is 7.87. The van der Waals surface area contributed by atoms with Gasteiger partial charge in [-0.25, -0.2) is 15.0 Å². The molecule has 0 spiro atoms. The first-order valence-electron chi connectivity index (χ1n) is 9.13. The summed E-state index contributed by atoms with van der Waals surface area (Å²) in [4.78, 5) is 28.0. The van der Waals surface area contributed by atoms with Crippen LogP contribution >= 0.6 is 0 Å². The van der Waals surface area contributed by atoms with Crippen molar-refractivity contribution in [3.05, 3.63) is 59.8 Å². The van der Waals surface area contributed by atoms with E-state index in [4.69, 9.17) is 0 Å². The monoisotopic (exact) mass is 401 g/mol. The number of hydrogen-bond acceptors (Lipinski definition) is 5. The number of hydrogen-bond donors (Lipinski definition) is 0. The molecule has 6 nitrogen and oxygen atoms in total. The summed E-state index contributed by atoms with van der Waals surface area (Å²) < 4.78 is 39.9. The fourth-order valence-electron chi connectivity index (χ4n) is 3.40. The Morgan fingerprint density at radius 3 is 2.34 bits per heavy atom. The topological polar surface area (TPSA) is 62.2 Å². The van der Waals surface area contributed by atoms with Crippen LogP contribution in [-0.4, -0.2) is 51.9 Å². The average Bonchev–Trinajstić information content (AvgIpc) is 2.72. The summed E-state index contributed by atoms with van der Waals surface area (Å²) in [5.41, 5.74) is 0.264. The van der Waals surface area contributed by atoms with Gasteiger partial charge in [0.2, 0.25) is 0 Å². The largest absolute Gasteiger partial charge is 0.433 e. The third-order valence-corrected chi connectivity index (χ3v) is 4.92. The van der Waals surface area contributed by atoms with E-state index in [-0.39, 0.29) is 5.91 Å². The fourth-order valence-corrected chi connectivity index (χ4v) is 3.40. The Kier molecular flexibility index (Phi) is 4.81. The van der Waals surface area contributed by atoms with Crippen molar-refractivity contribution in [2.45, 2.75) is 13.1 Å². The van der Waals surface area contributed by atoms with E-state index in [1.807, 2.05) is 4.90 Å². The Balaban J connectivity index is 1.57. The lowest BCUT2D eigenvalue weighted by atomic mass is 10.1. The zero-order valence-electron chi connectivity index (χ0n) is 15.6. The van der Waals surface area contributed by atoms with Gasteiger partial charge < -0.3 is 9.80 Å². The van der Waals surface area contributed by atoms with Crippen molar-refractivity contribution in [2.24, 2.45) is 0 Å². The molecule has 150 valence electrons. The van der Waals surface area contributed by atoms with Gasteiger partial charge in [0.15, 0.2) is 0 Å². The maximum absolute atomic E-state index is 13.3. The van der Waals surface area contributed by atoms with Gasteiger partial charge in [-0.15, -0.1) is 0 Å². The van der Waals surface area contributed by atoms with Crippen molar-refractivity contribution in [1.82, 2.24) is 19.9 Å². The van der Waals surface area contributed by atoms with Gasteiger partial charge in [0.25, 0.3) is 5.91 Å². The molecule has 2 aromatic heterocycles. The molecule has 3 heterocycles. The predicted molar refractivity (Wildman–Crippen MR) is 102 cm³/mol. The summed E-state index contributed by atoms with van der Waals surface area (Å²) in [7, 11) is 0. The first-order chi connectivity index (χ1) is 13.8. The van der Waals surface area contributed by atoms with Gasteiger partial charge in [-0.2, -0.15) is 13.2 Å². The number of carbonyl (C=O) groups excluding carboxylic acids is 1. The molecule has 9 heteroatoms. The molecular weight excluding hydrogens is 383 g/mol. The molecule has 1 aliphatic rings. The van der Waals surface area contributed by atoms with Crippen molar-refractivity contribution in [3.63, 3.8) is 0 Å². The summed E-state index contributed by atoms with van der Waals surface area (Å²) in [6.45, 7) is 3.37. The van der Waals surface area contributed by atoms with Crippen LogP contribution in [0, 0.1) is 6.92 Å². The first kappa shape index (κ1) is 19.1. The molecule has 0 N–H and O–H groups in total. The van der Waals surface area contributed by atoms with Crippen LogP contribution < -0.4 is 4.90 Å². The van der Waals surface area contributed by atoms with E-state index in [1.54, 1.807) is 36.1 Å². The number of fused-ring (bicyclic) bond motifs is 1. The molecule has 0 bridgehead atoms. The Morgan fingerprint density at radius 1 is 1.03 bits per heavy atom. The highest BCUT2D eigenvalue weighted by atomic mass is 19.4. The van der Waals surface area contributed by atoms with Crippen LogP contribution in [0.2, 0.25) is 0 Å². The molecule has 0 saturated carbocycles. The van der Waals surface area contributed by atoms with Gasteiger partial charge in [0.1, 0.15) is 11.5 Å². The minimum absolute atomic E-state index is 0.180. The van der Waals surface area contributed by atoms with Crippen LogP contribution in [0.25, 0.3) is 10.9 Å². The van der Waals surface area contributed by atoms with Crippen LogP contribution in [0.15, 0.2) is 42.7 Å². The lowest BCUT2D eigenvalue weighted by Crippen LogP contribution is -2.49. The van der Waals surface area contributed by atoms with Gasteiger partial charge >= 0.3 is 6.18 Å². The second-order valence-electron chi connectivity index (χ2n) is 6.84. The number of halogens is 3. The molecule has 29 heavy (non-hydrogen) atoms. The third kappa shape index (κ3) is 3.85.